The highest BCUT2D eigenvalue weighted by atomic mass is 16.5. The molecule has 0 radical (unpaired) electrons. The molecule has 102 valence electrons. The van der Waals surface area contributed by atoms with E-state index in [0.29, 0.717) is 6.61 Å². The third kappa shape index (κ3) is 3.18. The molecule has 0 bridgehead atoms. The van der Waals surface area contributed by atoms with Crippen molar-refractivity contribution in [1.82, 2.24) is 0 Å². The Labute approximate surface area is 114 Å². The first-order chi connectivity index (χ1) is 9.18. The van der Waals surface area contributed by atoms with Gasteiger partial charge >= 0.3 is 0 Å². The number of hydrogen-bond acceptors (Lipinski definition) is 4. The van der Waals surface area contributed by atoms with Gasteiger partial charge in [0.25, 0.3) is 0 Å². The summed E-state index contributed by atoms with van der Waals surface area (Å²) in [5.41, 5.74) is 5.44. The molecule has 1 aromatic carbocycles. The lowest BCUT2D eigenvalue weighted by atomic mass is 9.87. The fourth-order valence-electron chi connectivity index (χ4n) is 2.64. The van der Waals surface area contributed by atoms with E-state index in [2.05, 4.69) is 6.07 Å². The van der Waals surface area contributed by atoms with Gasteiger partial charge in [0.1, 0.15) is 17.0 Å². The third-order valence-corrected chi connectivity index (χ3v) is 3.87. The second-order valence-corrected chi connectivity index (χ2v) is 5.05. The fourth-order valence-corrected chi connectivity index (χ4v) is 2.64. The highest BCUT2D eigenvalue weighted by Gasteiger charge is 2.39. The van der Waals surface area contributed by atoms with E-state index >= 15 is 0 Å². The SMILES string of the molecule is COc1ccc(OCCC2CCCC2(N)C#N)cc1. The average molecular weight is 260 g/mol. The van der Waals surface area contributed by atoms with Crippen molar-refractivity contribution in [1.29, 1.82) is 5.26 Å². The molecule has 0 saturated heterocycles. The molecule has 1 aliphatic carbocycles. The summed E-state index contributed by atoms with van der Waals surface area (Å²) < 4.78 is 10.8. The van der Waals surface area contributed by atoms with Crippen molar-refractivity contribution in [2.75, 3.05) is 13.7 Å². The summed E-state index contributed by atoms with van der Waals surface area (Å²) in [4.78, 5) is 0. The van der Waals surface area contributed by atoms with Gasteiger partial charge in [0.05, 0.1) is 19.8 Å². The Kier molecular flexibility index (Phi) is 4.28. The van der Waals surface area contributed by atoms with Gasteiger partial charge in [0.15, 0.2) is 0 Å². The molecule has 2 rings (SSSR count). The lowest BCUT2D eigenvalue weighted by molar-refractivity contribution is 0.254. The highest BCUT2D eigenvalue weighted by molar-refractivity contribution is 5.31. The van der Waals surface area contributed by atoms with Crippen molar-refractivity contribution in [2.45, 2.75) is 31.2 Å². The Balaban J connectivity index is 1.81. The van der Waals surface area contributed by atoms with Crippen molar-refractivity contribution in [2.24, 2.45) is 11.7 Å². The zero-order chi connectivity index (χ0) is 13.7. The fraction of sp³-hybridized carbons (Fsp3) is 0.533. The normalized spacial score (nSPS) is 25.8. The first kappa shape index (κ1) is 13.7. The molecule has 0 amide bonds. The molecule has 2 N–H and O–H groups in total. The lowest BCUT2D eigenvalue weighted by Crippen LogP contribution is -2.42. The monoisotopic (exact) mass is 260 g/mol. The predicted molar refractivity (Wildman–Crippen MR) is 73.0 cm³/mol. The molecule has 2 atom stereocenters. The molecule has 1 aliphatic rings. The maximum Gasteiger partial charge on any atom is 0.119 e. The van der Waals surface area contributed by atoms with Crippen LogP contribution in [0.3, 0.4) is 0 Å². The first-order valence-electron chi connectivity index (χ1n) is 6.65. The van der Waals surface area contributed by atoms with E-state index in [0.717, 1.165) is 37.2 Å². The van der Waals surface area contributed by atoms with Gasteiger partial charge < -0.3 is 15.2 Å². The summed E-state index contributed by atoms with van der Waals surface area (Å²) in [6, 6.07) is 9.76. The Hall–Kier alpha value is -1.73. The molecule has 0 heterocycles. The highest BCUT2D eigenvalue weighted by Crippen LogP contribution is 2.35. The van der Waals surface area contributed by atoms with Gasteiger partial charge in [-0.1, -0.05) is 6.42 Å². The van der Waals surface area contributed by atoms with Crippen LogP contribution in [-0.4, -0.2) is 19.3 Å². The van der Waals surface area contributed by atoms with Crippen molar-refractivity contribution < 1.29 is 9.47 Å². The maximum atomic E-state index is 9.14. The van der Waals surface area contributed by atoms with E-state index in [4.69, 9.17) is 20.5 Å². The summed E-state index contributed by atoms with van der Waals surface area (Å²) in [5.74, 6) is 1.88. The zero-order valence-corrected chi connectivity index (χ0v) is 11.3. The number of ether oxygens (including phenoxy) is 2. The van der Waals surface area contributed by atoms with Crippen molar-refractivity contribution in [3.05, 3.63) is 24.3 Å². The van der Waals surface area contributed by atoms with E-state index in [9.17, 15) is 0 Å². The van der Waals surface area contributed by atoms with E-state index in [1.165, 1.54) is 0 Å². The van der Waals surface area contributed by atoms with Gasteiger partial charge in [-0.25, -0.2) is 0 Å². The number of nitrogens with zero attached hydrogens (tertiary/aromatic N) is 1. The first-order valence-corrected chi connectivity index (χ1v) is 6.65. The zero-order valence-electron chi connectivity index (χ0n) is 11.3. The van der Waals surface area contributed by atoms with Gasteiger partial charge in [0.2, 0.25) is 0 Å². The number of nitriles is 1. The molecular weight excluding hydrogens is 240 g/mol. The molecule has 1 saturated carbocycles. The number of rotatable bonds is 5. The predicted octanol–water partition coefficient (Wildman–Crippen LogP) is 2.49. The van der Waals surface area contributed by atoms with Gasteiger partial charge in [-0.15, -0.1) is 0 Å². The molecule has 4 nitrogen and oxygen atoms in total. The Morgan fingerprint density at radius 2 is 2.05 bits per heavy atom. The van der Waals surface area contributed by atoms with Gasteiger partial charge in [0, 0.05) is 0 Å². The maximum absolute atomic E-state index is 9.14. The second-order valence-electron chi connectivity index (χ2n) is 5.05. The van der Waals surface area contributed by atoms with Crippen molar-refractivity contribution >= 4 is 0 Å². The molecule has 0 spiro atoms. The van der Waals surface area contributed by atoms with Crippen LogP contribution in [0.1, 0.15) is 25.7 Å². The van der Waals surface area contributed by atoms with E-state index in [1.807, 2.05) is 24.3 Å². The Morgan fingerprint density at radius 1 is 1.37 bits per heavy atom. The van der Waals surface area contributed by atoms with E-state index in [-0.39, 0.29) is 5.92 Å². The van der Waals surface area contributed by atoms with Crippen molar-refractivity contribution in [3.63, 3.8) is 0 Å². The summed E-state index contributed by atoms with van der Waals surface area (Å²) in [5, 5.41) is 9.14. The second kappa shape index (κ2) is 5.94. The van der Waals surface area contributed by atoms with Crippen LogP contribution in [0.4, 0.5) is 0 Å². The molecule has 1 aromatic rings. The average Bonchev–Trinajstić information content (AvgIpc) is 2.82. The van der Waals surface area contributed by atoms with Crippen LogP contribution in [0, 0.1) is 17.2 Å². The number of hydrogen-bond donors (Lipinski definition) is 1. The molecule has 0 aliphatic heterocycles. The standard InChI is InChI=1S/C15H20N2O2/c1-18-13-4-6-14(7-5-13)19-10-8-12-3-2-9-15(12,17)11-16/h4-7,12H,2-3,8-10,17H2,1H3. The van der Waals surface area contributed by atoms with Gasteiger partial charge in [-0.05, 0) is 49.4 Å². The van der Waals surface area contributed by atoms with Gasteiger partial charge in [-0.2, -0.15) is 5.26 Å². The molecular formula is C15H20N2O2. The summed E-state index contributed by atoms with van der Waals surface area (Å²) in [7, 11) is 1.64. The molecule has 2 unspecified atom stereocenters. The van der Waals surface area contributed by atoms with Crippen LogP contribution in [0.2, 0.25) is 0 Å². The van der Waals surface area contributed by atoms with Gasteiger partial charge in [-0.3, -0.25) is 0 Å². The van der Waals surface area contributed by atoms with Crippen LogP contribution >= 0.6 is 0 Å². The van der Waals surface area contributed by atoms with E-state index < -0.39 is 5.54 Å². The van der Waals surface area contributed by atoms with Crippen LogP contribution in [-0.2, 0) is 0 Å². The van der Waals surface area contributed by atoms with Crippen LogP contribution in [0.15, 0.2) is 24.3 Å². The minimum atomic E-state index is -0.650. The third-order valence-electron chi connectivity index (χ3n) is 3.87. The number of benzene rings is 1. The molecule has 0 aromatic heterocycles. The van der Waals surface area contributed by atoms with Crippen LogP contribution < -0.4 is 15.2 Å². The molecule has 19 heavy (non-hydrogen) atoms. The van der Waals surface area contributed by atoms with E-state index in [1.54, 1.807) is 7.11 Å². The Bertz CT molecular complexity index is 452. The van der Waals surface area contributed by atoms with Crippen LogP contribution in [0.25, 0.3) is 0 Å². The minimum Gasteiger partial charge on any atom is -0.497 e. The Morgan fingerprint density at radius 3 is 2.68 bits per heavy atom. The smallest absolute Gasteiger partial charge is 0.119 e. The number of methoxy groups -OCH3 is 1. The quantitative estimate of drug-likeness (QED) is 0.883. The topological polar surface area (TPSA) is 68.3 Å². The number of nitrogens with two attached hydrogens (primary N) is 1. The summed E-state index contributed by atoms with van der Waals surface area (Å²) in [6.07, 6.45) is 3.69. The molecule has 1 fully saturated rings. The summed E-state index contributed by atoms with van der Waals surface area (Å²) >= 11 is 0. The molecule has 4 heteroatoms. The van der Waals surface area contributed by atoms with Crippen LogP contribution in [0.5, 0.6) is 11.5 Å². The largest absolute Gasteiger partial charge is 0.497 e. The lowest BCUT2D eigenvalue weighted by Gasteiger charge is -2.23. The van der Waals surface area contributed by atoms with Crippen molar-refractivity contribution in [3.8, 4) is 17.6 Å². The summed E-state index contributed by atoms with van der Waals surface area (Å²) in [6.45, 7) is 0.595. The minimum absolute atomic E-state index is 0.246.